The van der Waals surface area contributed by atoms with Crippen molar-refractivity contribution in [3.8, 4) is 0 Å². The maximum absolute atomic E-state index is 11.7. The lowest BCUT2D eigenvalue weighted by atomic mass is 10.1. The molecule has 0 heterocycles. The fraction of sp³-hybridized carbons (Fsp3) is 0.577. The molecule has 0 fully saturated rings. The largest absolute Gasteiger partial charge is 0.395 e. The second-order valence-electron chi connectivity index (χ2n) is 5.40. The van der Waals surface area contributed by atoms with Crippen LogP contribution in [-0.2, 0) is 6.42 Å². The quantitative estimate of drug-likeness (QED) is 0.252. The van der Waals surface area contributed by atoms with Gasteiger partial charge in [-0.25, -0.2) is 4.39 Å². The van der Waals surface area contributed by atoms with Crippen LogP contribution in [0.4, 0.5) is 10.1 Å². The lowest BCUT2D eigenvalue weighted by Gasteiger charge is -2.17. The van der Waals surface area contributed by atoms with Gasteiger partial charge in [-0.05, 0) is 44.0 Å². The molecule has 0 atom stereocenters. The van der Waals surface area contributed by atoms with Gasteiger partial charge in [0.25, 0.3) is 0 Å². The van der Waals surface area contributed by atoms with E-state index in [0.29, 0.717) is 6.54 Å². The molecular weight excluding hydrogens is 389 g/mol. The lowest BCUT2D eigenvalue weighted by molar-refractivity contribution is 0.304. The molecule has 1 aromatic carbocycles. The van der Waals surface area contributed by atoms with E-state index in [-0.39, 0.29) is 6.61 Å². The van der Waals surface area contributed by atoms with E-state index in [4.69, 9.17) is 5.11 Å². The molecule has 0 spiro atoms. The number of benzene rings is 1. The number of rotatable bonds is 9. The van der Waals surface area contributed by atoms with E-state index < -0.39 is 6.67 Å². The molecule has 0 aliphatic heterocycles. The van der Waals surface area contributed by atoms with Crippen LogP contribution >= 0.6 is 0 Å². The second-order valence-corrected chi connectivity index (χ2v) is 5.40. The van der Waals surface area contributed by atoms with Crippen LogP contribution in [0.15, 0.2) is 53.2 Å². The van der Waals surface area contributed by atoms with Gasteiger partial charge in [0, 0.05) is 32.0 Å². The van der Waals surface area contributed by atoms with Gasteiger partial charge in [-0.2, -0.15) is 0 Å². The number of aliphatic imine (C=N–C) groups is 1. The summed E-state index contributed by atoms with van der Waals surface area (Å²) in [5, 5.41) is 11.6. The van der Waals surface area contributed by atoms with Crippen LogP contribution in [0.3, 0.4) is 0 Å². The Morgan fingerprint density at radius 1 is 1.06 bits per heavy atom. The number of aryl methyl sites for hydroxylation is 1. The van der Waals surface area contributed by atoms with Gasteiger partial charge in [-0.3, -0.25) is 4.99 Å². The summed E-state index contributed by atoms with van der Waals surface area (Å²) in [4.78, 5) is 5.97. The molecule has 1 rings (SSSR count). The van der Waals surface area contributed by atoms with Crippen molar-refractivity contribution in [1.82, 2.24) is 5.32 Å². The van der Waals surface area contributed by atoms with Crippen LogP contribution in [0.5, 0.6) is 0 Å². The Morgan fingerprint density at radius 3 is 2.03 bits per heavy atom. The van der Waals surface area contributed by atoms with Crippen molar-refractivity contribution < 1.29 is 9.50 Å². The van der Waals surface area contributed by atoms with E-state index in [1.807, 2.05) is 67.3 Å². The molecule has 0 aliphatic carbocycles. The Hall–Kier alpha value is -2.14. The fourth-order valence-electron chi connectivity index (χ4n) is 1.82. The Morgan fingerprint density at radius 2 is 1.61 bits per heavy atom. The average Bonchev–Trinajstić information content (AvgIpc) is 2.83. The van der Waals surface area contributed by atoms with E-state index in [1.165, 1.54) is 11.6 Å². The predicted octanol–water partition coefficient (Wildman–Crippen LogP) is 6.81. The lowest BCUT2D eigenvalue weighted by Crippen LogP contribution is -2.20. The smallest absolute Gasteiger partial charge is 0.108 e. The molecule has 2 N–H and O–H groups in total. The Labute approximate surface area is 193 Å². The third-order valence-corrected chi connectivity index (χ3v) is 3.41. The molecular formula is C26H50FN3O. The highest BCUT2D eigenvalue weighted by Gasteiger charge is 1.98. The van der Waals surface area contributed by atoms with Gasteiger partial charge in [-0.15, -0.1) is 0 Å². The zero-order chi connectivity index (χ0) is 24.9. The number of aliphatic hydroxyl groups excluding tert-OH is 1. The van der Waals surface area contributed by atoms with Crippen molar-refractivity contribution in [1.29, 1.82) is 0 Å². The summed E-state index contributed by atoms with van der Waals surface area (Å²) in [7, 11) is 1.98. The molecule has 5 heteroatoms. The van der Waals surface area contributed by atoms with Crippen molar-refractivity contribution in [3.63, 3.8) is 0 Å². The maximum Gasteiger partial charge on any atom is 0.108 e. The number of nitrogens with zero attached hydrogens (tertiary/aromatic N) is 2. The Balaban J connectivity index is -0.000000190. The van der Waals surface area contributed by atoms with E-state index >= 15 is 0 Å². The normalized spacial score (nSPS) is 9.87. The first-order chi connectivity index (χ1) is 15.1. The summed E-state index contributed by atoms with van der Waals surface area (Å²) in [6.07, 6.45) is 7.71. The number of allylic oxidation sites excluding steroid dienone is 3. The minimum absolute atomic E-state index is 0.200. The first kappa shape index (κ1) is 36.2. The number of likely N-dealkylation sites (N-methyl/N-ethyl adjacent to an activating group) is 1. The van der Waals surface area contributed by atoms with Crippen molar-refractivity contribution >= 4 is 12.0 Å². The summed E-state index contributed by atoms with van der Waals surface area (Å²) < 4.78 is 11.7. The Bertz CT molecular complexity index is 526. The standard InChI is InChI=1S/C11H17NO.C9H15FN2.3C2H6/c1-3-10-4-6-11(7-5-10)12(2)8-9-13;1-3-11-8-12-7-5-9(2)4-6-10;3*1-2/h4-7,13H,3,8-9H2,1-2H3;4-5,7-8H,3,6H2,1-2H3,(H,11,12);3*1-2H3/b;7-5-,9-4+;;;. The van der Waals surface area contributed by atoms with Crippen molar-refractivity contribution in [3.05, 3.63) is 53.8 Å². The number of alkyl halides is 1. The molecule has 1 aromatic rings. The van der Waals surface area contributed by atoms with Crippen LogP contribution < -0.4 is 10.2 Å². The van der Waals surface area contributed by atoms with Gasteiger partial charge in [0.05, 0.1) is 12.9 Å². The van der Waals surface area contributed by atoms with Crippen LogP contribution in [0.2, 0.25) is 0 Å². The molecule has 31 heavy (non-hydrogen) atoms. The van der Waals surface area contributed by atoms with Crippen LogP contribution in [0.1, 0.15) is 67.9 Å². The molecule has 182 valence electrons. The summed E-state index contributed by atoms with van der Waals surface area (Å²) in [5.41, 5.74) is 3.40. The number of hydrogen-bond donors (Lipinski definition) is 2. The SMILES string of the molecule is CC.CC.CC.CCN=CN/C=C\C(C)=C\CF.CCc1ccc(N(C)CCO)cc1. The van der Waals surface area contributed by atoms with E-state index in [2.05, 4.69) is 41.5 Å². The highest BCUT2D eigenvalue weighted by molar-refractivity contribution is 5.55. The number of anilines is 1. The zero-order valence-corrected chi connectivity index (χ0v) is 21.9. The number of halogens is 1. The first-order valence-corrected chi connectivity index (χ1v) is 11.6. The number of hydrogen-bond acceptors (Lipinski definition) is 3. The van der Waals surface area contributed by atoms with Gasteiger partial charge in [0.15, 0.2) is 0 Å². The fourth-order valence-corrected chi connectivity index (χ4v) is 1.82. The second kappa shape index (κ2) is 32.5. The zero-order valence-electron chi connectivity index (χ0n) is 21.9. The first-order valence-electron chi connectivity index (χ1n) is 11.6. The molecule has 0 aliphatic rings. The molecule has 0 saturated heterocycles. The average molecular weight is 440 g/mol. The van der Waals surface area contributed by atoms with E-state index in [9.17, 15) is 4.39 Å². The minimum atomic E-state index is -0.417. The van der Waals surface area contributed by atoms with E-state index in [0.717, 1.165) is 24.2 Å². The maximum atomic E-state index is 11.7. The topological polar surface area (TPSA) is 47.9 Å². The molecule has 0 saturated carbocycles. The summed E-state index contributed by atoms with van der Waals surface area (Å²) in [6, 6.07) is 8.44. The van der Waals surface area contributed by atoms with E-state index in [1.54, 1.807) is 18.6 Å². The molecule has 0 aromatic heterocycles. The van der Waals surface area contributed by atoms with Crippen molar-refractivity contribution in [2.45, 2.75) is 68.7 Å². The minimum Gasteiger partial charge on any atom is -0.395 e. The summed E-state index contributed by atoms with van der Waals surface area (Å²) in [5.74, 6) is 0. The van der Waals surface area contributed by atoms with Gasteiger partial charge in [0.2, 0.25) is 0 Å². The molecule has 0 bridgehead atoms. The molecule has 0 amide bonds. The Kier molecular flexibility index (Phi) is 38.0. The molecule has 4 nitrogen and oxygen atoms in total. The number of aliphatic hydroxyl groups is 1. The van der Waals surface area contributed by atoms with Gasteiger partial charge in [-0.1, -0.05) is 72.2 Å². The van der Waals surface area contributed by atoms with Crippen molar-refractivity contribution in [2.75, 3.05) is 38.3 Å². The monoisotopic (exact) mass is 439 g/mol. The summed E-state index contributed by atoms with van der Waals surface area (Å²) in [6.45, 7) is 19.2. The van der Waals surface area contributed by atoms with Gasteiger partial charge >= 0.3 is 0 Å². The predicted molar refractivity (Wildman–Crippen MR) is 141 cm³/mol. The highest BCUT2D eigenvalue weighted by atomic mass is 19.1. The van der Waals surface area contributed by atoms with Gasteiger partial charge in [0.1, 0.15) is 6.67 Å². The third kappa shape index (κ3) is 25.8. The van der Waals surface area contributed by atoms with Crippen LogP contribution in [-0.4, -0.2) is 44.9 Å². The van der Waals surface area contributed by atoms with Crippen LogP contribution in [0, 0.1) is 0 Å². The molecule has 0 unspecified atom stereocenters. The van der Waals surface area contributed by atoms with Crippen molar-refractivity contribution in [2.24, 2.45) is 4.99 Å². The van der Waals surface area contributed by atoms with Gasteiger partial charge < -0.3 is 15.3 Å². The third-order valence-electron chi connectivity index (χ3n) is 3.41. The summed E-state index contributed by atoms with van der Waals surface area (Å²) >= 11 is 0. The highest BCUT2D eigenvalue weighted by Crippen LogP contribution is 2.13. The van der Waals surface area contributed by atoms with Crippen LogP contribution in [0.25, 0.3) is 0 Å². The number of nitrogens with one attached hydrogen (secondary N) is 1. The molecule has 0 radical (unpaired) electrons.